The van der Waals surface area contributed by atoms with Crippen molar-refractivity contribution in [2.45, 2.75) is 31.1 Å². The topological polar surface area (TPSA) is 17.1 Å². The summed E-state index contributed by atoms with van der Waals surface area (Å²) >= 11 is 7.61. The number of rotatable bonds is 4. The van der Waals surface area contributed by atoms with Crippen molar-refractivity contribution in [3.05, 3.63) is 69.1 Å². The predicted octanol–water partition coefficient (Wildman–Crippen LogP) is 6.01. The van der Waals surface area contributed by atoms with Gasteiger partial charge >= 0.3 is 0 Å². The van der Waals surface area contributed by atoms with E-state index in [1.807, 2.05) is 42.5 Å². The fourth-order valence-corrected chi connectivity index (χ4v) is 3.97. The van der Waals surface area contributed by atoms with Gasteiger partial charge in [0.25, 0.3) is 0 Å². The molecule has 0 saturated carbocycles. The average Bonchev–Trinajstić information content (AvgIpc) is 2.82. The molecule has 0 radical (unpaired) electrons. The largest absolute Gasteiger partial charge is 0.288 e. The number of aryl methyl sites for hydroxylation is 1. The van der Waals surface area contributed by atoms with Gasteiger partial charge in [-0.15, -0.1) is 0 Å². The Labute approximate surface area is 140 Å². The number of carbonyl (C=O) groups is 1. The van der Waals surface area contributed by atoms with E-state index in [0.29, 0.717) is 5.02 Å². The number of halogens is 1. The molecule has 0 N–H and O–H groups in total. The van der Waals surface area contributed by atoms with Gasteiger partial charge < -0.3 is 0 Å². The Bertz CT molecular complexity index is 749. The van der Waals surface area contributed by atoms with Crippen LogP contribution in [0.15, 0.2) is 52.3 Å². The smallest absolute Gasteiger partial charge is 0.200 e. The summed E-state index contributed by atoms with van der Waals surface area (Å²) < 4.78 is 0. The minimum Gasteiger partial charge on any atom is -0.288 e. The summed E-state index contributed by atoms with van der Waals surface area (Å²) in [6, 6.07) is 13.6. The molecule has 1 aliphatic rings. The molecule has 0 bridgehead atoms. The van der Waals surface area contributed by atoms with E-state index in [0.717, 1.165) is 40.2 Å². The first-order chi connectivity index (χ1) is 10.7. The maximum Gasteiger partial charge on any atom is 0.200 e. The Morgan fingerprint density at radius 1 is 1.18 bits per heavy atom. The van der Waals surface area contributed by atoms with E-state index in [9.17, 15) is 4.79 Å². The Morgan fingerprint density at radius 3 is 2.77 bits per heavy atom. The van der Waals surface area contributed by atoms with Crippen molar-refractivity contribution in [2.75, 3.05) is 0 Å². The summed E-state index contributed by atoms with van der Waals surface area (Å²) in [7, 11) is 0. The van der Waals surface area contributed by atoms with Crippen LogP contribution in [0.2, 0.25) is 5.02 Å². The number of hydrogen-bond donors (Lipinski definition) is 0. The highest BCUT2D eigenvalue weighted by Gasteiger charge is 2.27. The van der Waals surface area contributed by atoms with Gasteiger partial charge in [0.05, 0.1) is 4.91 Å². The van der Waals surface area contributed by atoms with Crippen molar-refractivity contribution in [2.24, 2.45) is 0 Å². The molecule has 3 rings (SSSR count). The third-order valence-corrected chi connectivity index (χ3v) is 5.17. The normalized spacial score (nSPS) is 15.4. The zero-order valence-corrected chi connectivity index (χ0v) is 14.0. The van der Waals surface area contributed by atoms with Crippen molar-refractivity contribution in [1.29, 1.82) is 0 Å². The zero-order valence-electron chi connectivity index (χ0n) is 12.4. The Kier molecular flexibility index (Phi) is 4.70. The van der Waals surface area contributed by atoms with Crippen LogP contribution >= 0.6 is 23.4 Å². The third kappa shape index (κ3) is 3.13. The molecule has 0 spiro atoms. The molecule has 0 fully saturated rings. The molecule has 0 aromatic heterocycles. The fraction of sp³-hybridized carbons (Fsp3) is 0.211. The van der Waals surface area contributed by atoms with E-state index in [-0.39, 0.29) is 5.78 Å². The van der Waals surface area contributed by atoms with Crippen LogP contribution in [-0.2, 0) is 6.42 Å². The fourth-order valence-electron chi connectivity index (χ4n) is 2.58. The van der Waals surface area contributed by atoms with Crippen molar-refractivity contribution in [1.82, 2.24) is 0 Å². The first-order valence-corrected chi connectivity index (χ1v) is 8.70. The Balaban J connectivity index is 1.93. The molecule has 1 heterocycles. The number of ketones is 1. The van der Waals surface area contributed by atoms with Crippen molar-refractivity contribution in [3.63, 3.8) is 0 Å². The van der Waals surface area contributed by atoms with E-state index in [1.165, 1.54) is 5.56 Å². The molecule has 2 aromatic carbocycles. The molecular weight excluding hydrogens is 312 g/mol. The lowest BCUT2D eigenvalue weighted by Crippen LogP contribution is -1.95. The first-order valence-electron chi connectivity index (χ1n) is 7.50. The summed E-state index contributed by atoms with van der Waals surface area (Å²) in [5.41, 5.74) is 3.09. The first kappa shape index (κ1) is 15.4. The lowest BCUT2D eigenvalue weighted by atomic mass is 10.0. The molecule has 0 aliphatic carbocycles. The van der Waals surface area contributed by atoms with Crippen molar-refractivity contribution < 1.29 is 4.79 Å². The molecule has 1 nitrogen and oxygen atoms in total. The molecular formula is C19H17ClOS. The van der Waals surface area contributed by atoms with Crippen LogP contribution in [0.25, 0.3) is 6.08 Å². The number of allylic oxidation sites excluding steroid dienone is 1. The van der Waals surface area contributed by atoms with Crippen LogP contribution < -0.4 is 0 Å². The highest BCUT2D eigenvalue weighted by atomic mass is 35.5. The maximum atomic E-state index is 12.6. The van der Waals surface area contributed by atoms with Gasteiger partial charge in [0, 0.05) is 15.5 Å². The molecule has 2 aromatic rings. The van der Waals surface area contributed by atoms with Gasteiger partial charge in [-0.25, -0.2) is 0 Å². The monoisotopic (exact) mass is 328 g/mol. The van der Waals surface area contributed by atoms with E-state index >= 15 is 0 Å². The minimum absolute atomic E-state index is 0.123. The van der Waals surface area contributed by atoms with E-state index < -0.39 is 0 Å². The van der Waals surface area contributed by atoms with Crippen LogP contribution in [-0.4, -0.2) is 5.78 Å². The summed E-state index contributed by atoms with van der Waals surface area (Å²) in [6.45, 7) is 2.19. The van der Waals surface area contributed by atoms with E-state index in [2.05, 4.69) is 13.0 Å². The van der Waals surface area contributed by atoms with Crippen LogP contribution in [0.4, 0.5) is 0 Å². The van der Waals surface area contributed by atoms with Gasteiger partial charge in [-0.05, 0) is 48.2 Å². The number of carbonyl (C=O) groups excluding carboxylic acids is 1. The van der Waals surface area contributed by atoms with Crippen LogP contribution in [0.3, 0.4) is 0 Å². The van der Waals surface area contributed by atoms with Crippen LogP contribution in [0.1, 0.15) is 41.3 Å². The van der Waals surface area contributed by atoms with Gasteiger partial charge in [-0.3, -0.25) is 4.79 Å². The Hall–Kier alpha value is -1.51. The average molecular weight is 329 g/mol. The highest BCUT2D eigenvalue weighted by molar-refractivity contribution is 8.05. The van der Waals surface area contributed by atoms with Crippen molar-refractivity contribution >= 4 is 35.2 Å². The molecule has 0 amide bonds. The number of thioether (sulfide) groups is 1. The van der Waals surface area contributed by atoms with E-state index in [4.69, 9.17) is 11.6 Å². The molecule has 3 heteroatoms. The van der Waals surface area contributed by atoms with Crippen molar-refractivity contribution in [3.8, 4) is 0 Å². The van der Waals surface area contributed by atoms with E-state index in [1.54, 1.807) is 11.8 Å². The number of Topliss-reactive ketones (excluding diaryl/α,β-unsaturated/α-hetero) is 1. The standard InChI is InChI=1S/C19H17ClOS/c1-2-3-7-14-8-5-10-16-18(21)17(22-19(14)16)12-13-6-4-9-15(20)11-13/h4-6,8-12H,2-3,7H2,1H3. The van der Waals surface area contributed by atoms with Gasteiger partial charge in [0.2, 0.25) is 5.78 Å². The second kappa shape index (κ2) is 6.72. The quantitative estimate of drug-likeness (QED) is 0.639. The molecule has 0 atom stereocenters. The van der Waals surface area contributed by atoms with Gasteiger partial charge in [-0.2, -0.15) is 0 Å². The lowest BCUT2D eigenvalue weighted by Gasteiger charge is -2.05. The minimum atomic E-state index is 0.123. The Morgan fingerprint density at radius 2 is 2.00 bits per heavy atom. The second-order valence-electron chi connectivity index (χ2n) is 5.39. The summed E-state index contributed by atoms with van der Waals surface area (Å²) in [4.78, 5) is 14.5. The zero-order chi connectivity index (χ0) is 15.5. The third-order valence-electron chi connectivity index (χ3n) is 3.72. The van der Waals surface area contributed by atoms with Crippen LogP contribution in [0, 0.1) is 0 Å². The van der Waals surface area contributed by atoms with Gasteiger partial charge in [-0.1, -0.05) is 61.0 Å². The van der Waals surface area contributed by atoms with Crippen LogP contribution in [0.5, 0.6) is 0 Å². The molecule has 22 heavy (non-hydrogen) atoms. The second-order valence-corrected chi connectivity index (χ2v) is 6.88. The van der Waals surface area contributed by atoms with Gasteiger partial charge in [0.1, 0.15) is 0 Å². The summed E-state index contributed by atoms with van der Waals surface area (Å²) in [5, 5.41) is 0.686. The summed E-state index contributed by atoms with van der Waals surface area (Å²) in [5.74, 6) is 0.123. The molecule has 0 unspecified atom stereocenters. The number of fused-ring (bicyclic) bond motifs is 1. The number of hydrogen-bond acceptors (Lipinski definition) is 2. The number of unbranched alkanes of at least 4 members (excludes halogenated alkanes) is 1. The lowest BCUT2D eigenvalue weighted by molar-refractivity contribution is 0.104. The van der Waals surface area contributed by atoms with Gasteiger partial charge in [0.15, 0.2) is 0 Å². The SMILES string of the molecule is CCCCc1cccc2c1SC(=Cc1cccc(Cl)c1)C2=O. The molecule has 0 saturated heterocycles. The highest BCUT2D eigenvalue weighted by Crippen LogP contribution is 2.43. The molecule has 1 aliphatic heterocycles. The number of benzene rings is 2. The summed E-state index contributed by atoms with van der Waals surface area (Å²) in [6.07, 6.45) is 5.28. The predicted molar refractivity (Wildman–Crippen MR) is 94.7 cm³/mol. The molecule has 112 valence electrons. The maximum absolute atomic E-state index is 12.6.